The van der Waals surface area contributed by atoms with Crippen LogP contribution in [0.2, 0.25) is 5.02 Å². The number of hydrogen-bond donors (Lipinski definition) is 1. The maximum Gasteiger partial charge on any atom is 0.243 e. The lowest BCUT2D eigenvalue weighted by Crippen LogP contribution is -2.49. The number of nitrogens with one attached hydrogen (secondary N) is 1. The molecule has 31 heavy (non-hydrogen) atoms. The number of anilines is 2. The molecule has 1 aromatic heterocycles. The van der Waals surface area contributed by atoms with E-state index in [0.717, 1.165) is 29.9 Å². The van der Waals surface area contributed by atoms with Crippen LogP contribution in [0.1, 0.15) is 43.4 Å². The van der Waals surface area contributed by atoms with Crippen molar-refractivity contribution in [3.8, 4) is 0 Å². The van der Waals surface area contributed by atoms with Gasteiger partial charge in [0.15, 0.2) is 0 Å². The Bertz CT molecular complexity index is 1030. The molecule has 168 valence electrons. The highest BCUT2D eigenvalue weighted by molar-refractivity contribution is 7.89. The number of rotatable bonds is 5. The van der Waals surface area contributed by atoms with Crippen LogP contribution in [-0.4, -0.2) is 54.9 Å². The van der Waals surface area contributed by atoms with E-state index in [1.165, 1.54) is 29.6 Å². The average molecular weight is 464 g/mol. The van der Waals surface area contributed by atoms with Crippen molar-refractivity contribution in [2.24, 2.45) is 0 Å². The van der Waals surface area contributed by atoms with E-state index < -0.39 is 10.0 Å². The van der Waals surface area contributed by atoms with Crippen molar-refractivity contribution in [1.82, 2.24) is 14.3 Å². The van der Waals surface area contributed by atoms with E-state index in [1.807, 2.05) is 19.9 Å². The number of aryl methyl sites for hydroxylation is 2. The molecule has 2 aliphatic rings. The highest BCUT2D eigenvalue weighted by Crippen LogP contribution is 2.26. The number of sulfonamides is 1. The van der Waals surface area contributed by atoms with Gasteiger partial charge in [0, 0.05) is 49.0 Å². The first-order chi connectivity index (χ1) is 14.8. The van der Waals surface area contributed by atoms with Crippen LogP contribution in [0.25, 0.3) is 0 Å². The molecule has 0 atom stereocenters. The SMILES string of the molecule is Cc1cc(N2CCN(S(=O)(=O)c3ccc(C)c(Cl)c3)CC2)nc(NC2CCCCC2)n1. The van der Waals surface area contributed by atoms with Crippen molar-refractivity contribution in [2.75, 3.05) is 36.4 Å². The second kappa shape index (κ2) is 9.30. The fraction of sp³-hybridized carbons (Fsp3) is 0.545. The predicted molar refractivity (Wildman–Crippen MR) is 124 cm³/mol. The zero-order valence-corrected chi connectivity index (χ0v) is 19.7. The zero-order valence-electron chi connectivity index (χ0n) is 18.1. The van der Waals surface area contributed by atoms with Gasteiger partial charge in [0.25, 0.3) is 0 Å². The number of benzene rings is 1. The summed E-state index contributed by atoms with van der Waals surface area (Å²) in [5, 5.41) is 3.96. The quantitative estimate of drug-likeness (QED) is 0.721. The van der Waals surface area contributed by atoms with E-state index in [1.54, 1.807) is 12.1 Å². The summed E-state index contributed by atoms with van der Waals surface area (Å²) in [5.41, 5.74) is 1.77. The van der Waals surface area contributed by atoms with Gasteiger partial charge in [-0.3, -0.25) is 0 Å². The Morgan fingerprint density at radius 2 is 1.71 bits per heavy atom. The van der Waals surface area contributed by atoms with E-state index >= 15 is 0 Å². The third-order valence-electron chi connectivity index (χ3n) is 6.12. The number of hydrogen-bond acceptors (Lipinski definition) is 6. The van der Waals surface area contributed by atoms with Crippen molar-refractivity contribution in [2.45, 2.75) is 56.9 Å². The van der Waals surface area contributed by atoms with Crippen molar-refractivity contribution in [1.29, 1.82) is 0 Å². The minimum absolute atomic E-state index is 0.244. The van der Waals surface area contributed by atoms with Gasteiger partial charge in [-0.25, -0.2) is 13.4 Å². The van der Waals surface area contributed by atoms with Gasteiger partial charge in [0.2, 0.25) is 16.0 Å². The summed E-state index contributed by atoms with van der Waals surface area (Å²) in [4.78, 5) is 11.7. The monoisotopic (exact) mass is 463 g/mol. The largest absolute Gasteiger partial charge is 0.354 e. The number of halogens is 1. The molecule has 1 saturated heterocycles. The van der Waals surface area contributed by atoms with Crippen molar-refractivity contribution >= 4 is 33.4 Å². The first kappa shape index (κ1) is 22.3. The maximum atomic E-state index is 13.0. The van der Waals surface area contributed by atoms with Gasteiger partial charge in [0.05, 0.1) is 4.90 Å². The van der Waals surface area contributed by atoms with Gasteiger partial charge in [-0.2, -0.15) is 9.29 Å². The Morgan fingerprint density at radius 1 is 1.00 bits per heavy atom. The van der Waals surface area contributed by atoms with Crippen molar-refractivity contribution in [3.05, 3.63) is 40.5 Å². The molecule has 2 aromatic rings. The van der Waals surface area contributed by atoms with Crippen LogP contribution >= 0.6 is 11.6 Å². The second-order valence-corrected chi connectivity index (χ2v) is 10.8. The molecule has 1 aliphatic heterocycles. The van der Waals surface area contributed by atoms with E-state index in [-0.39, 0.29) is 4.90 Å². The number of piperazine rings is 1. The second-order valence-electron chi connectivity index (χ2n) is 8.47. The smallest absolute Gasteiger partial charge is 0.243 e. The molecule has 2 heterocycles. The van der Waals surface area contributed by atoms with Crippen LogP contribution in [0, 0.1) is 13.8 Å². The molecule has 7 nitrogen and oxygen atoms in total. The lowest BCUT2D eigenvalue weighted by atomic mass is 9.96. The van der Waals surface area contributed by atoms with E-state index in [4.69, 9.17) is 16.6 Å². The topological polar surface area (TPSA) is 78.4 Å². The zero-order chi connectivity index (χ0) is 22.0. The van der Waals surface area contributed by atoms with E-state index in [2.05, 4.69) is 15.2 Å². The molecule has 0 spiro atoms. The molecular formula is C22H30ClN5O2S. The van der Waals surface area contributed by atoms with E-state index in [0.29, 0.717) is 43.2 Å². The molecule has 0 radical (unpaired) electrons. The van der Waals surface area contributed by atoms with E-state index in [9.17, 15) is 8.42 Å². The Kier molecular flexibility index (Phi) is 6.69. The third kappa shape index (κ3) is 5.13. The normalized spacial score (nSPS) is 18.9. The van der Waals surface area contributed by atoms with Gasteiger partial charge in [-0.05, 0) is 44.4 Å². The molecule has 2 fully saturated rings. The van der Waals surface area contributed by atoms with Gasteiger partial charge in [0.1, 0.15) is 5.82 Å². The fourth-order valence-corrected chi connectivity index (χ4v) is 5.94. The molecule has 1 aliphatic carbocycles. The summed E-state index contributed by atoms with van der Waals surface area (Å²) in [6.45, 7) is 5.80. The Labute approximate surface area is 189 Å². The predicted octanol–water partition coefficient (Wildman–Crippen LogP) is 4.00. The summed E-state index contributed by atoms with van der Waals surface area (Å²) in [6.07, 6.45) is 6.12. The molecule has 4 rings (SSSR count). The molecule has 0 bridgehead atoms. The van der Waals surface area contributed by atoms with Gasteiger partial charge in [-0.1, -0.05) is 36.9 Å². The molecular weight excluding hydrogens is 434 g/mol. The maximum absolute atomic E-state index is 13.0. The highest BCUT2D eigenvalue weighted by atomic mass is 35.5. The minimum Gasteiger partial charge on any atom is -0.354 e. The van der Waals surface area contributed by atoms with Crippen LogP contribution in [0.15, 0.2) is 29.2 Å². The third-order valence-corrected chi connectivity index (χ3v) is 8.42. The van der Waals surface area contributed by atoms with Crippen LogP contribution < -0.4 is 10.2 Å². The summed E-state index contributed by atoms with van der Waals surface area (Å²) in [5.74, 6) is 1.52. The highest BCUT2D eigenvalue weighted by Gasteiger charge is 2.29. The van der Waals surface area contributed by atoms with Crippen LogP contribution in [0.3, 0.4) is 0 Å². The fourth-order valence-electron chi connectivity index (χ4n) is 4.25. The van der Waals surface area contributed by atoms with Crippen molar-refractivity contribution in [3.63, 3.8) is 0 Å². The summed E-state index contributed by atoms with van der Waals surface area (Å²) in [7, 11) is -3.57. The lowest BCUT2D eigenvalue weighted by Gasteiger charge is -2.35. The summed E-state index contributed by atoms with van der Waals surface area (Å²) >= 11 is 6.15. The molecule has 0 unspecified atom stereocenters. The molecule has 1 saturated carbocycles. The summed E-state index contributed by atoms with van der Waals surface area (Å²) in [6, 6.07) is 7.31. The Morgan fingerprint density at radius 3 is 2.39 bits per heavy atom. The lowest BCUT2D eigenvalue weighted by molar-refractivity contribution is 0.383. The first-order valence-corrected chi connectivity index (χ1v) is 12.8. The molecule has 1 aromatic carbocycles. The van der Waals surface area contributed by atoms with Crippen molar-refractivity contribution < 1.29 is 8.42 Å². The minimum atomic E-state index is -3.57. The average Bonchev–Trinajstić information content (AvgIpc) is 2.76. The van der Waals surface area contributed by atoms with Gasteiger partial charge < -0.3 is 10.2 Å². The molecule has 0 amide bonds. The van der Waals surface area contributed by atoms with Crippen LogP contribution in [0.5, 0.6) is 0 Å². The van der Waals surface area contributed by atoms with Gasteiger partial charge >= 0.3 is 0 Å². The Balaban J connectivity index is 1.44. The number of nitrogens with zero attached hydrogens (tertiary/aromatic N) is 4. The molecule has 9 heteroatoms. The standard InChI is InChI=1S/C22H30ClN5O2S/c1-16-8-9-19(15-20(16)23)31(29,30)28-12-10-27(11-13-28)21-14-17(2)24-22(26-21)25-18-6-4-3-5-7-18/h8-9,14-15,18H,3-7,10-13H2,1-2H3,(H,24,25,26). The number of aromatic nitrogens is 2. The molecule has 1 N–H and O–H groups in total. The van der Waals surface area contributed by atoms with Gasteiger partial charge in [-0.15, -0.1) is 0 Å². The first-order valence-electron chi connectivity index (χ1n) is 11.0. The Hall–Kier alpha value is -1.90. The van der Waals surface area contributed by atoms with Crippen LogP contribution in [-0.2, 0) is 10.0 Å². The van der Waals surface area contributed by atoms with Crippen LogP contribution in [0.4, 0.5) is 11.8 Å². The summed E-state index contributed by atoms with van der Waals surface area (Å²) < 4.78 is 27.6.